The summed E-state index contributed by atoms with van der Waals surface area (Å²) in [7, 11) is -3.93. The minimum atomic E-state index is -3.93. The lowest BCUT2D eigenvalue weighted by Gasteiger charge is -2.37. The highest BCUT2D eigenvalue weighted by molar-refractivity contribution is 7.89. The van der Waals surface area contributed by atoms with Crippen LogP contribution in [0, 0.1) is 6.92 Å². The van der Waals surface area contributed by atoms with Gasteiger partial charge in [-0.3, -0.25) is 4.79 Å². The van der Waals surface area contributed by atoms with E-state index in [9.17, 15) is 13.2 Å². The van der Waals surface area contributed by atoms with Crippen molar-refractivity contribution in [3.8, 4) is 0 Å². The van der Waals surface area contributed by atoms with Crippen LogP contribution in [0.1, 0.15) is 11.1 Å². The van der Waals surface area contributed by atoms with E-state index in [0.29, 0.717) is 41.8 Å². The van der Waals surface area contributed by atoms with Crippen LogP contribution < -0.4 is 4.90 Å². The molecule has 184 valence electrons. The normalized spacial score (nSPS) is 14.4. The summed E-state index contributed by atoms with van der Waals surface area (Å²) < 4.78 is 28.3. The second-order valence-corrected chi connectivity index (χ2v) is 11.3. The van der Waals surface area contributed by atoms with E-state index in [-0.39, 0.29) is 23.9 Å². The van der Waals surface area contributed by atoms with E-state index in [4.69, 9.17) is 23.2 Å². The van der Waals surface area contributed by atoms with Gasteiger partial charge in [-0.1, -0.05) is 65.2 Å². The highest BCUT2D eigenvalue weighted by Crippen LogP contribution is 2.25. The molecule has 1 aliphatic rings. The molecule has 4 rings (SSSR count). The fraction of sp³-hybridized carbons (Fsp3) is 0.269. The molecule has 3 aromatic carbocycles. The fourth-order valence-corrected chi connectivity index (χ4v) is 5.73. The third-order valence-electron chi connectivity index (χ3n) is 6.07. The zero-order valence-corrected chi connectivity index (χ0v) is 21.7. The van der Waals surface area contributed by atoms with Crippen molar-refractivity contribution in [3.63, 3.8) is 0 Å². The molecule has 0 unspecified atom stereocenters. The number of nitrogens with zero attached hydrogens (tertiary/aromatic N) is 3. The molecule has 0 aliphatic carbocycles. The molecule has 1 amide bonds. The first kappa shape index (κ1) is 25.5. The van der Waals surface area contributed by atoms with Gasteiger partial charge in [-0.25, -0.2) is 8.42 Å². The number of anilines is 1. The molecule has 0 N–H and O–H groups in total. The average molecular weight is 532 g/mol. The number of carbonyl (C=O) groups is 1. The van der Waals surface area contributed by atoms with Crippen LogP contribution in [-0.4, -0.2) is 56.3 Å². The molecule has 6 nitrogen and oxygen atoms in total. The Morgan fingerprint density at radius 1 is 0.886 bits per heavy atom. The van der Waals surface area contributed by atoms with Crippen LogP contribution in [-0.2, 0) is 21.4 Å². The number of amides is 1. The fourth-order valence-electron chi connectivity index (χ4n) is 4.03. The van der Waals surface area contributed by atoms with Gasteiger partial charge in [0.15, 0.2) is 0 Å². The van der Waals surface area contributed by atoms with Crippen molar-refractivity contribution in [1.82, 2.24) is 9.21 Å². The van der Waals surface area contributed by atoms with Crippen LogP contribution in [0.15, 0.2) is 77.7 Å². The molecule has 0 saturated carbocycles. The molecule has 3 aromatic rings. The second-order valence-electron chi connectivity index (χ2n) is 8.54. The number of halogens is 2. The highest BCUT2D eigenvalue weighted by Gasteiger charge is 2.30. The van der Waals surface area contributed by atoms with Gasteiger partial charge in [0.25, 0.3) is 0 Å². The molecule has 1 aliphatic heterocycles. The maximum Gasteiger partial charge on any atom is 0.243 e. The minimum Gasteiger partial charge on any atom is -0.368 e. The number of hydrogen-bond acceptors (Lipinski definition) is 4. The van der Waals surface area contributed by atoms with E-state index in [1.807, 2.05) is 37.3 Å². The second kappa shape index (κ2) is 11.0. The van der Waals surface area contributed by atoms with Gasteiger partial charge in [-0.15, -0.1) is 0 Å². The largest absolute Gasteiger partial charge is 0.368 e. The summed E-state index contributed by atoms with van der Waals surface area (Å²) >= 11 is 12.2. The molecule has 9 heteroatoms. The topological polar surface area (TPSA) is 60.9 Å². The predicted octanol–water partition coefficient (Wildman–Crippen LogP) is 4.84. The zero-order chi connectivity index (χ0) is 25.0. The van der Waals surface area contributed by atoms with E-state index >= 15 is 0 Å². The molecule has 0 spiro atoms. The zero-order valence-electron chi connectivity index (χ0n) is 19.4. The lowest BCUT2D eigenvalue weighted by molar-refractivity contribution is -0.131. The summed E-state index contributed by atoms with van der Waals surface area (Å²) in [6.07, 6.45) is 0. The number of sulfonamides is 1. The molecule has 0 aromatic heterocycles. The smallest absolute Gasteiger partial charge is 0.243 e. The quantitative estimate of drug-likeness (QED) is 0.437. The Hall–Kier alpha value is -2.58. The van der Waals surface area contributed by atoms with Crippen molar-refractivity contribution in [2.45, 2.75) is 18.4 Å². The number of hydrogen-bond donors (Lipinski definition) is 0. The van der Waals surface area contributed by atoms with Gasteiger partial charge < -0.3 is 9.80 Å². The Morgan fingerprint density at radius 3 is 2.17 bits per heavy atom. The number of carbonyl (C=O) groups excluding carboxylic acids is 1. The standard InChI is InChI=1S/C26H27Cl2N3O3S/c1-20-7-10-23(11-8-20)35(33,34)31(18-21-9-12-24(27)25(28)17-21)19-26(32)30-15-13-29(14-16-30)22-5-3-2-4-6-22/h2-12,17H,13-16,18-19H2,1H3. The predicted molar refractivity (Wildman–Crippen MR) is 140 cm³/mol. The van der Waals surface area contributed by atoms with Gasteiger partial charge in [0.2, 0.25) is 15.9 Å². The molecule has 0 radical (unpaired) electrons. The Morgan fingerprint density at radius 2 is 1.54 bits per heavy atom. The van der Waals surface area contributed by atoms with Gasteiger partial charge in [-0.05, 0) is 48.9 Å². The number of aryl methyl sites for hydroxylation is 1. The SMILES string of the molecule is Cc1ccc(S(=O)(=O)N(CC(=O)N2CCN(c3ccccc3)CC2)Cc2ccc(Cl)c(Cl)c2)cc1. The van der Waals surface area contributed by atoms with Crippen molar-refractivity contribution in [1.29, 1.82) is 0 Å². The van der Waals surface area contributed by atoms with E-state index in [0.717, 1.165) is 11.3 Å². The minimum absolute atomic E-state index is 0.00280. The molecule has 1 heterocycles. The number of benzene rings is 3. The molecule has 0 bridgehead atoms. The molecule has 1 saturated heterocycles. The monoisotopic (exact) mass is 531 g/mol. The Kier molecular flexibility index (Phi) is 8.02. The van der Waals surface area contributed by atoms with Crippen LogP contribution in [0.4, 0.5) is 5.69 Å². The van der Waals surface area contributed by atoms with E-state index in [2.05, 4.69) is 4.90 Å². The summed E-state index contributed by atoms with van der Waals surface area (Å²) in [6, 6.07) is 21.6. The maximum absolute atomic E-state index is 13.5. The van der Waals surface area contributed by atoms with Crippen LogP contribution in [0.5, 0.6) is 0 Å². The molecule has 1 fully saturated rings. The lowest BCUT2D eigenvalue weighted by Crippen LogP contribution is -2.51. The average Bonchev–Trinajstić information content (AvgIpc) is 2.86. The summed E-state index contributed by atoms with van der Waals surface area (Å²) in [4.78, 5) is 17.3. The molecular formula is C26H27Cl2N3O3S. The van der Waals surface area contributed by atoms with E-state index in [1.54, 1.807) is 47.4 Å². The third-order valence-corrected chi connectivity index (χ3v) is 8.61. The van der Waals surface area contributed by atoms with Crippen molar-refractivity contribution in [3.05, 3.63) is 94.0 Å². The van der Waals surface area contributed by atoms with E-state index in [1.165, 1.54) is 4.31 Å². The van der Waals surface area contributed by atoms with Crippen LogP contribution in [0.3, 0.4) is 0 Å². The van der Waals surface area contributed by atoms with Crippen LogP contribution in [0.25, 0.3) is 0 Å². The maximum atomic E-state index is 13.5. The van der Waals surface area contributed by atoms with Crippen LogP contribution >= 0.6 is 23.2 Å². The van der Waals surface area contributed by atoms with Crippen LogP contribution in [0.2, 0.25) is 10.0 Å². The highest BCUT2D eigenvalue weighted by atomic mass is 35.5. The summed E-state index contributed by atoms with van der Waals surface area (Å²) in [5.74, 6) is -0.228. The van der Waals surface area contributed by atoms with Gasteiger partial charge >= 0.3 is 0 Å². The number of piperazine rings is 1. The van der Waals surface area contributed by atoms with Gasteiger partial charge in [0.1, 0.15) is 0 Å². The number of para-hydroxylation sites is 1. The summed E-state index contributed by atoms with van der Waals surface area (Å²) in [6.45, 7) is 4.06. The molecule has 0 atom stereocenters. The van der Waals surface area contributed by atoms with Crippen molar-refractivity contribution in [2.75, 3.05) is 37.6 Å². The van der Waals surface area contributed by atoms with Gasteiger partial charge in [0, 0.05) is 38.4 Å². The van der Waals surface area contributed by atoms with E-state index < -0.39 is 10.0 Å². The first-order valence-corrected chi connectivity index (χ1v) is 13.5. The van der Waals surface area contributed by atoms with Crippen molar-refractivity contribution >= 4 is 44.8 Å². The third kappa shape index (κ3) is 6.16. The Bertz CT molecular complexity index is 1280. The first-order chi connectivity index (χ1) is 16.7. The lowest BCUT2D eigenvalue weighted by atomic mass is 10.2. The number of rotatable bonds is 7. The molecule has 35 heavy (non-hydrogen) atoms. The Labute approximate surface area is 216 Å². The van der Waals surface area contributed by atoms with Gasteiger partial charge in [0.05, 0.1) is 21.5 Å². The summed E-state index contributed by atoms with van der Waals surface area (Å²) in [5.41, 5.74) is 2.71. The van der Waals surface area contributed by atoms with Gasteiger partial charge in [-0.2, -0.15) is 4.31 Å². The van der Waals surface area contributed by atoms with Crippen molar-refractivity contribution < 1.29 is 13.2 Å². The van der Waals surface area contributed by atoms with Crippen molar-refractivity contribution in [2.24, 2.45) is 0 Å². The molecular weight excluding hydrogens is 505 g/mol. The Balaban J connectivity index is 1.52. The first-order valence-electron chi connectivity index (χ1n) is 11.3. The summed E-state index contributed by atoms with van der Waals surface area (Å²) in [5, 5.41) is 0.718.